The third-order valence-electron chi connectivity index (χ3n) is 5.48. The molecular weight excluding hydrogens is 318 g/mol. The molecule has 2 aliphatic carbocycles. The number of thiocarbonyl (C=S) groups is 1. The number of hydrogen-bond donors (Lipinski definition) is 3. The van der Waals surface area contributed by atoms with Gasteiger partial charge < -0.3 is 5.32 Å². The topological polar surface area (TPSA) is 53.2 Å². The Morgan fingerprint density at radius 1 is 1.17 bits per heavy atom. The van der Waals surface area contributed by atoms with Gasteiger partial charge in [-0.15, -0.1) is 0 Å². The highest BCUT2D eigenvalue weighted by molar-refractivity contribution is 7.80. The summed E-state index contributed by atoms with van der Waals surface area (Å²) in [5.41, 5.74) is 7.74. The van der Waals surface area contributed by atoms with E-state index in [2.05, 4.69) is 42.1 Å². The second kappa shape index (κ2) is 7.51. The minimum absolute atomic E-state index is 0.0341. The lowest BCUT2D eigenvalue weighted by atomic mass is 9.86. The molecule has 2 aliphatic rings. The molecule has 1 aromatic carbocycles. The van der Waals surface area contributed by atoms with Crippen LogP contribution in [0.3, 0.4) is 0 Å². The van der Waals surface area contributed by atoms with Crippen molar-refractivity contribution < 1.29 is 4.79 Å². The average Bonchev–Trinajstić information content (AvgIpc) is 3.16. The summed E-state index contributed by atoms with van der Waals surface area (Å²) in [7, 11) is 0. The number of fused-ring (bicyclic) bond motifs is 2. The lowest BCUT2D eigenvalue weighted by Gasteiger charge is -2.21. The maximum atomic E-state index is 12.1. The molecule has 130 valence electrons. The van der Waals surface area contributed by atoms with Crippen molar-refractivity contribution in [3.63, 3.8) is 0 Å². The first-order valence-corrected chi connectivity index (χ1v) is 9.38. The Kier molecular flexibility index (Phi) is 5.39. The van der Waals surface area contributed by atoms with Crippen molar-refractivity contribution in [2.75, 3.05) is 5.32 Å². The number of rotatable bonds is 4. The Morgan fingerprint density at radius 3 is 2.50 bits per heavy atom. The fourth-order valence-electron chi connectivity index (χ4n) is 4.16. The summed E-state index contributed by atoms with van der Waals surface area (Å²) in [5.74, 6) is 2.75. The molecule has 0 unspecified atom stereocenters. The van der Waals surface area contributed by atoms with Gasteiger partial charge in [0.25, 0.3) is 0 Å². The molecule has 4 nitrogen and oxygen atoms in total. The Balaban J connectivity index is 1.39. The van der Waals surface area contributed by atoms with Gasteiger partial charge >= 0.3 is 0 Å². The lowest BCUT2D eigenvalue weighted by molar-refractivity contribution is -0.122. The molecule has 24 heavy (non-hydrogen) atoms. The Morgan fingerprint density at radius 2 is 1.92 bits per heavy atom. The standard InChI is InChI=1S/C19H27N3OS/c1-12(2)14-5-7-17(8-6-14)20-19(24)22-21-18(23)11-16-10-13-3-4-15(16)9-13/h5-8,12-13,15-16H,3-4,9-11H2,1-2H3,(H,21,23)(H2,20,22,24)/t13-,15+,16+/m0/s1. The van der Waals surface area contributed by atoms with E-state index < -0.39 is 0 Å². The molecule has 0 spiro atoms. The number of carbonyl (C=O) groups is 1. The fraction of sp³-hybridized carbons (Fsp3) is 0.579. The van der Waals surface area contributed by atoms with E-state index in [9.17, 15) is 4.79 Å². The molecule has 2 saturated carbocycles. The van der Waals surface area contributed by atoms with Crippen molar-refractivity contribution in [1.29, 1.82) is 0 Å². The van der Waals surface area contributed by atoms with E-state index in [4.69, 9.17) is 12.2 Å². The van der Waals surface area contributed by atoms with Crippen LogP contribution in [0.4, 0.5) is 5.69 Å². The molecule has 0 aromatic heterocycles. The van der Waals surface area contributed by atoms with Crippen LogP contribution in [0.1, 0.15) is 57.4 Å². The average molecular weight is 346 g/mol. The van der Waals surface area contributed by atoms with Gasteiger partial charge in [-0.25, -0.2) is 0 Å². The van der Waals surface area contributed by atoms with Gasteiger partial charge in [0.1, 0.15) is 0 Å². The fourth-order valence-corrected chi connectivity index (χ4v) is 4.32. The highest BCUT2D eigenvalue weighted by atomic mass is 32.1. The predicted octanol–water partition coefficient (Wildman–Crippen LogP) is 3.95. The Bertz CT molecular complexity index is 599. The number of hydrogen-bond acceptors (Lipinski definition) is 2. The van der Waals surface area contributed by atoms with Gasteiger partial charge in [-0.2, -0.15) is 0 Å². The molecule has 1 amide bonds. The Hall–Kier alpha value is -1.62. The zero-order chi connectivity index (χ0) is 17.1. The lowest BCUT2D eigenvalue weighted by Crippen LogP contribution is -2.44. The SMILES string of the molecule is CC(C)c1ccc(NC(=S)NNC(=O)C[C@H]2C[C@H]3CC[C@@H]2C3)cc1. The smallest absolute Gasteiger partial charge is 0.238 e. The quantitative estimate of drug-likeness (QED) is 0.571. The molecule has 0 heterocycles. The molecule has 3 N–H and O–H groups in total. The van der Waals surface area contributed by atoms with Crippen molar-refractivity contribution >= 4 is 28.9 Å². The van der Waals surface area contributed by atoms with Gasteiger partial charge in [-0.1, -0.05) is 32.4 Å². The third-order valence-corrected chi connectivity index (χ3v) is 5.69. The van der Waals surface area contributed by atoms with Gasteiger partial charge in [-0.3, -0.25) is 15.6 Å². The number of amides is 1. The molecular formula is C19H27N3OS. The number of benzene rings is 1. The van der Waals surface area contributed by atoms with Crippen molar-refractivity contribution in [3.8, 4) is 0 Å². The van der Waals surface area contributed by atoms with Gasteiger partial charge in [0.15, 0.2) is 5.11 Å². The second-order valence-corrected chi connectivity index (χ2v) is 7.95. The van der Waals surface area contributed by atoms with E-state index in [0.29, 0.717) is 23.4 Å². The minimum Gasteiger partial charge on any atom is -0.331 e. The number of hydrazine groups is 1. The van der Waals surface area contributed by atoms with Gasteiger partial charge in [0.05, 0.1) is 0 Å². The molecule has 0 radical (unpaired) electrons. The minimum atomic E-state index is 0.0341. The summed E-state index contributed by atoms with van der Waals surface area (Å²) in [5, 5.41) is 3.50. The summed E-state index contributed by atoms with van der Waals surface area (Å²) in [6.07, 6.45) is 5.84. The molecule has 3 atom stereocenters. The summed E-state index contributed by atoms with van der Waals surface area (Å²) >= 11 is 5.24. The molecule has 1 aromatic rings. The molecule has 0 aliphatic heterocycles. The summed E-state index contributed by atoms with van der Waals surface area (Å²) < 4.78 is 0. The van der Waals surface area contributed by atoms with Crippen molar-refractivity contribution in [2.45, 2.75) is 51.9 Å². The monoisotopic (exact) mass is 345 g/mol. The Labute approximate surface area is 149 Å². The molecule has 2 bridgehead atoms. The van der Waals surface area contributed by atoms with Gasteiger partial charge in [0.2, 0.25) is 5.91 Å². The molecule has 0 saturated heterocycles. The van der Waals surface area contributed by atoms with Crippen LogP contribution in [0.2, 0.25) is 0 Å². The molecule has 5 heteroatoms. The van der Waals surface area contributed by atoms with Crippen LogP contribution >= 0.6 is 12.2 Å². The van der Waals surface area contributed by atoms with E-state index in [1.54, 1.807) is 0 Å². The van der Waals surface area contributed by atoms with E-state index in [1.165, 1.54) is 31.2 Å². The zero-order valence-corrected chi connectivity index (χ0v) is 15.3. The summed E-state index contributed by atoms with van der Waals surface area (Å²) in [6.45, 7) is 4.33. The first-order valence-electron chi connectivity index (χ1n) is 8.97. The van der Waals surface area contributed by atoms with Crippen molar-refractivity contribution in [3.05, 3.63) is 29.8 Å². The zero-order valence-electron chi connectivity index (χ0n) is 14.5. The van der Waals surface area contributed by atoms with Crippen LogP contribution in [-0.2, 0) is 4.79 Å². The second-order valence-electron chi connectivity index (χ2n) is 7.54. The highest BCUT2D eigenvalue weighted by Crippen LogP contribution is 2.49. The maximum Gasteiger partial charge on any atom is 0.238 e. The number of anilines is 1. The third kappa shape index (κ3) is 4.26. The maximum absolute atomic E-state index is 12.1. The summed E-state index contributed by atoms with van der Waals surface area (Å²) in [6, 6.07) is 8.17. The van der Waals surface area contributed by atoms with E-state index >= 15 is 0 Å². The first kappa shape index (κ1) is 17.2. The van der Waals surface area contributed by atoms with Crippen LogP contribution in [0, 0.1) is 17.8 Å². The van der Waals surface area contributed by atoms with Crippen LogP contribution in [0.15, 0.2) is 24.3 Å². The first-order chi connectivity index (χ1) is 11.5. The van der Waals surface area contributed by atoms with Gasteiger partial charge in [-0.05, 0) is 72.8 Å². The highest BCUT2D eigenvalue weighted by Gasteiger charge is 2.40. The van der Waals surface area contributed by atoms with E-state index in [1.807, 2.05) is 12.1 Å². The molecule has 3 rings (SSSR count). The number of nitrogens with one attached hydrogen (secondary N) is 3. The van der Waals surface area contributed by atoms with E-state index in [0.717, 1.165) is 17.5 Å². The largest absolute Gasteiger partial charge is 0.331 e. The van der Waals surface area contributed by atoms with Crippen molar-refractivity contribution in [2.24, 2.45) is 17.8 Å². The van der Waals surface area contributed by atoms with Crippen molar-refractivity contribution in [1.82, 2.24) is 10.9 Å². The van der Waals surface area contributed by atoms with Gasteiger partial charge in [0, 0.05) is 12.1 Å². The normalized spacial score (nSPS) is 24.9. The molecule has 2 fully saturated rings. The van der Waals surface area contributed by atoms with Crippen LogP contribution < -0.4 is 16.2 Å². The van der Waals surface area contributed by atoms with Crippen LogP contribution in [-0.4, -0.2) is 11.0 Å². The predicted molar refractivity (Wildman–Crippen MR) is 102 cm³/mol. The van der Waals surface area contributed by atoms with Crippen LogP contribution in [0.5, 0.6) is 0 Å². The van der Waals surface area contributed by atoms with E-state index in [-0.39, 0.29) is 5.91 Å². The van der Waals surface area contributed by atoms with Crippen LogP contribution in [0.25, 0.3) is 0 Å². The summed E-state index contributed by atoms with van der Waals surface area (Å²) in [4.78, 5) is 12.1. The number of carbonyl (C=O) groups excluding carboxylic acids is 1.